The van der Waals surface area contributed by atoms with Gasteiger partial charge in [-0.15, -0.1) is 0 Å². The second-order valence-electron chi connectivity index (χ2n) is 3.37. The van der Waals surface area contributed by atoms with Crippen LogP contribution in [0.25, 0.3) is 0 Å². The summed E-state index contributed by atoms with van der Waals surface area (Å²) in [5.41, 5.74) is 1.13. The van der Waals surface area contributed by atoms with Gasteiger partial charge in [0, 0.05) is 37.6 Å². The van der Waals surface area contributed by atoms with Crippen LogP contribution in [0, 0.1) is 0 Å². The summed E-state index contributed by atoms with van der Waals surface area (Å²) in [6, 6.07) is 0. The molecular weight excluding hydrogens is 232 g/mol. The number of aliphatic hydroxyl groups excluding tert-OH is 1. The molecule has 88 valence electrons. The lowest BCUT2D eigenvalue weighted by Crippen LogP contribution is -2.22. The van der Waals surface area contributed by atoms with E-state index in [0.717, 1.165) is 0 Å². The third-order valence-corrected chi connectivity index (χ3v) is 2.29. The van der Waals surface area contributed by atoms with Gasteiger partial charge in [-0.25, -0.2) is 4.79 Å². The maximum absolute atomic E-state index is 11.2. The zero-order chi connectivity index (χ0) is 12.1. The van der Waals surface area contributed by atoms with Crippen molar-refractivity contribution in [3.63, 3.8) is 0 Å². The van der Waals surface area contributed by atoms with Gasteiger partial charge in [-0.05, 0) is 0 Å². The van der Waals surface area contributed by atoms with E-state index < -0.39 is 6.09 Å². The zero-order valence-corrected chi connectivity index (χ0v) is 9.86. The second-order valence-corrected chi connectivity index (χ2v) is 3.77. The molecule has 0 fully saturated rings. The maximum atomic E-state index is 11.2. The number of ether oxygens (including phenoxy) is 1. The van der Waals surface area contributed by atoms with Gasteiger partial charge < -0.3 is 14.7 Å². The molecule has 0 saturated carbocycles. The summed E-state index contributed by atoms with van der Waals surface area (Å²) in [6.07, 6.45) is 2.49. The number of rotatable bonds is 3. The van der Waals surface area contributed by atoms with Crippen LogP contribution in [0.4, 0.5) is 4.79 Å². The smallest absolute Gasteiger partial charge is 0.409 e. The molecule has 6 heteroatoms. The molecule has 5 nitrogen and oxygen atoms in total. The molecule has 0 aliphatic heterocycles. The van der Waals surface area contributed by atoms with Crippen molar-refractivity contribution in [2.24, 2.45) is 0 Å². The van der Waals surface area contributed by atoms with E-state index in [0.29, 0.717) is 16.1 Å². The second kappa shape index (κ2) is 5.67. The summed E-state index contributed by atoms with van der Waals surface area (Å²) in [6.45, 7) is -0.170. The molecule has 1 amide bonds. The normalized spacial score (nSPS) is 10.0. The molecular formula is C10H13ClN2O3. The highest BCUT2D eigenvalue weighted by atomic mass is 35.5. The number of aromatic nitrogens is 1. The van der Waals surface area contributed by atoms with Gasteiger partial charge in [-0.1, -0.05) is 11.6 Å². The first-order chi connectivity index (χ1) is 7.56. The van der Waals surface area contributed by atoms with E-state index in [-0.39, 0.29) is 13.2 Å². The average molecular weight is 245 g/mol. The highest BCUT2D eigenvalue weighted by molar-refractivity contribution is 6.31. The van der Waals surface area contributed by atoms with Gasteiger partial charge >= 0.3 is 6.09 Å². The molecule has 0 bridgehead atoms. The molecule has 0 unspecified atom stereocenters. The molecule has 0 radical (unpaired) electrons. The molecule has 1 heterocycles. The number of carbonyl (C=O) groups is 1. The SMILES string of the molecule is CN(C)C(=O)OCc1cncc(Cl)c1CO. The maximum Gasteiger partial charge on any atom is 0.409 e. The fraction of sp³-hybridized carbons (Fsp3) is 0.400. The summed E-state index contributed by atoms with van der Waals surface area (Å²) in [5, 5.41) is 9.47. The lowest BCUT2D eigenvalue weighted by Gasteiger charge is -2.12. The Morgan fingerprint density at radius 3 is 2.81 bits per heavy atom. The molecule has 0 aromatic carbocycles. The number of halogens is 1. The molecule has 1 aromatic heterocycles. The van der Waals surface area contributed by atoms with Crippen LogP contribution in [0.3, 0.4) is 0 Å². The molecule has 0 saturated heterocycles. The Morgan fingerprint density at radius 1 is 1.56 bits per heavy atom. The molecule has 1 rings (SSSR count). The van der Waals surface area contributed by atoms with Gasteiger partial charge in [-0.3, -0.25) is 4.98 Å². The minimum Gasteiger partial charge on any atom is -0.444 e. The summed E-state index contributed by atoms with van der Waals surface area (Å²) >= 11 is 5.83. The third-order valence-electron chi connectivity index (χ3n) is 1.97. The first-order valence-corrected chi connectivity index (χ1v) is 5.00. The third kappa shape index (κ3) is 3.08. The minimum absolute atomic E-state index is 0.0421. The zero-order valence-electron chi connectivity index (χ0n) is 9.11. The molecule has 1 N–H and O–H groups in total. The van der Waals surface area contributed by atoms with Crippen LogP contribution < -0.4 is 0 Å². The lowest BCUT2D eigenvalue weighted by atomic mass is 10.1. The van der Waals surface area contributed by atoms with Crippen LogP contribution in [0.5, 0.6) is 0 Å². The first kappa shape index (κ1) is 12.7. The fourth-order valence-electron chi connectivity index (χ4n) is 1.07. The van der Waals surface area contributed by atoms with Gasteiger partial charge in [0.15, 0.2) is 0 Å². The quantitative estimate of drug-likeness (QED) is 0.874. The largest absolute Gasteiger partial charge is 0.444 e. The van der Waals surface area contributed by atoms with E-state index in [1.165, 1.54) is 17.3 Å². The lowest BCUT2D eigenvalue weighted by molar-refractivity contribution is 0.111. The number of carbonyl (C=O) groups excluding carboxylic acids is 1. The van der Waals surface area contributed by atoms with Gasteiger partial charge in [0.2, 0.25) is 0 Å². The summed E-state index contributed by atoms with van der Waals surface area (Å²) in [7, 11) is 3.18. The van der Waals surface area contributed by atoms with Crippen molar-refractivity contribution < 1.29 is 14.6 Å². The van der Waals surface area contributed by atoms with Crippen LogP contribution >= 0.6 is 11.6 Å². The van der Waals surface area contributed by atoms with Crippen LogP contribution in [0.1, 0.15) is 11.1 Å². The number of pyridine rings is 1. The monoisotopic (exact) mass is 244 g/mol. The topological polar surface area (TPSA) is 62.7 Å². The van der Waals surface area contributed by atoms with Crippen molar-refractivity contribution in [3.05, 3.63) is 28.5 Å². The summed E-state index contributed by atoms with van der Waals surface area (Å²) in [4.78, 5) is 16.4. The summed E-state index contributed by atoms with van der Waals surface area (Å²) in [5.74, 6) is 0. The Bertz CT molecular complexity index is 382. The molecule has 16 heavy (non-hydrogen) atoms. The fourth-order valence-corrected chi connectivity index (χ4v) is 1.31. The van der Waals surface area contributed by atoms with E-state index in [4.69, 9.17) is 21.4 Å². The average Bonchev–Trinajstić information content (AvgIpc) is 2.25. The number of hydrogen-bond donors (Lipinski definition) is 1. The van der Waals surface area contributed by atoms with Crippen LogP contribution in [-0.2, 0) is 18.0 Å². The Labute approximate surface area is 98.6 Å². The first-order valence-electron chi connectivity index (χ1n) is 4.62. The van der Waals surface area contributed by atoms with Crippen molar-refractivity contribution in [2.75, 3.05) is 14.1 Å². The predicted molar refractivity (Wildman–Crippen MR) is 59.0 cm³/mol. The van der Waals surface area contributed by atoms with E-state index in [1.54, 1.807) is 14.1 Å². The Kier molecular flexibility index (Phi) is 4.52. The van der Waals surface area contributed by atoms with Crippen molar-refractivity contribution in [2.45, 2.75) is 13.2 Å². The molecule has 0 aliphatic rings. The molecule has 0 spiro atoms. The van der Waals surface area contributed by atoms with Crippen LogP contribution in [0.2, 0.25) is 5.02 Å². The van der Waals surface area contributed by atoms with E-state index in [9.17, 15) is 4.79 Å². The van der Waals surface area contributed by atoms with E-state index in [2.05, 4.69) is 4.98 Å². The van der Waals surface area contributed by atoms with Gasteiger partial charge in [0.05, 0.1) is 11.6 Å². The molecule has 1 aromatic rings. The number of aliphatic hydroxyl groups is 1. The van der Waals surface area contributed by atoms with Crippen molar-refractivity contribution in [3.8, 4) is 0 Å². The van der Waals surface area contributed by atoms with E-state index in [1.807, 2.05) is 0 Å². The van der Waals surface area contributed by atoms with E-state index >= 15 is 0 Å². The van der Waals surface area contributed by atoms with Crippen LogP contribution in [0.15, 0.2) is 12.4 Å². The minimum atomic E-state index is -0.455. The number of nitrogens with zero attached hydrogens (tertiary/aromatic N) is 2. The Hall–Kier alpha value is -1.33. The predicted octanol–water partition coefficient (Wildman–Crippen LogP) is 1.43. The highest BCUT2D eigenvalue weighted by Gasteiger charge is 2.10. The molecule has 0 atom stereocenters. The van der Waals surface area contributed by atoms with Gasteiger partial charge in [-0.2, -0.15) is 0 Å². The highest BCUT2D eigenvalue weighted by Crippen LogP contribution is 2.19. The van der Waals surface area contributed by atoms with Crippen molar-refractivity contribution in [1.29, 1.82) is 0 Å². The number of amides is 1. The number of hydrogen-bond acceptors (Lipinski definition) is 4. The van der Waals surface area contributed by atoms with Crippen LogP contribution in [-0.4, -0.2) is 35.2 Å². The van der Waals surface area contributed by atoms with Gasteiger partial charge in [0.25, 0.3) is 0 Å². The Balaban J connectivity index is 2.74. The van der Waals surface area contributed by atoms with Crippen molar-refractivity contribution >= 4 is 17.7 Å². The summed E-state index contributed by atoms with van der Waals surface area (Å²) < 4.78 is 4.96. The Morgan fingerprint density at radius 2 is 2.25 bits per heavy atom. The molecule has 0 aliphatic carbocycles. The van der Waals surface area contributed by atoms with Crippen molar-refractivity contribution in [1.82, 2.24) is 9.88 Å². The standard InChI is InChI=1S/C10H13ClN2O3/c1-13(2)10(15)16-6-7-3-12-4-9(11)8(7)5-14/h3-4,14H,5-6H2,1-2H3. The van der Waals surface area contributed by atoms with Gasteiger partial charge in [0.1, 0.15) is 6.61 Å².